The predicted molar refractivity (Wildman–Crippen MR) is 107 cm³/mol. The van der Waals surface area contributed by atoms with E-state index >= 15 is 0 Å². The quantitative estimate of drug-likeness (QED) is 0.742. The van der Waals surface area contributed by atoms with E-state index in [1.54, 1.807) is 30.3 Å². The summed E-state index contributed by atoms with van der Waals surface area (Å²) >= 11 is 5.88. The van der Waals surface area contributed by atoms with Gasteiger partial charge in [0.05, 0.1) is 17.5 Å². The molecule has 1 N–H and O–H groups in total. The molecule has 0 saturated heterocycles. The van der Waals surface area contributed by atoms with Gasteiger partial charge in [0.1, 0.15) is 0 Å². The van der Waals surface area contributed by atoms with E-state index in [9.17, 15) is 9.59 Å². The zero-order valence-corrected chi connectivity index (χ0v) is 15.6. The average Bonchev–Trinajstić information content (AvgIpc) is 3.20. The first kappa shape index (κ1) is 17.7. The second-order valence-corrected chi connectivity index (χ2v) is 7.40. The second-order valence-electron chi connectivity index (χ2n) is 6.97. The largest absolute Gasteiger partial charge is 0.294 e. The highest BCUT2D eigenvalue weighted by Crippen LogP contribution is 2.35. The Morgan fingerprint density at radius 3 is 2.44 bits per heavy atom. The van der Waals surface area contributed by atoms with Crippen LogP contribution in [0.4, 0.5) is 0 Å². The van der Waals surface area contributed by atoms with Crippen molar-refractivity contribution in [2.24, 2.45) is 0 Å². The maximum Gasteiger partial charge on any atom is 0.294 e. The number of nitrogens with zero attached hydrogens (tertiary/aromatic N) is 2. The summed E-state index contributed by atoms with van der Waals surface area (Å²) in [6.07, 6.45) is 4.62. The van der Waals surface area contributed by atoms with E-state index in [0.29, 0.717) is 16.3 Å². The number of carbonyl (C=O) groups excluding carboxylic acids is 1. The van der Waals surface area contributed by atoms with Gasteiger partial charge in [0.15, 0.2) is 0 Å². The van der Waals surface area contributed by atoms with Crippen LogP contribution in [0, 0.1) is 0 Å². The second kappa shape index (κ2) is 7.53. The summed E-state index contributed by atoms with van der Waals surface area (Å²) in [6.45, 7) is 0. The lowest BCUT2D eigenvalue weighted by Crippen LogP contribution is -2.37. The van der Waals surface area contributed by atoms with E-state index in [2.05, 4.69) is 10.5 Å². The fourth-order valence-corrected chi connectivity index (χ4v) is 3.86. The van der Waals surface area contributed by atoms with Gasteiger partial charge in [0.2, 0.25) is 5.91 Å². The third-order valence-corrected chi connectivity index (χ3v) is 5.34. The Morgan fingerprint density at radius 1 is 1.07 bits per heavy atom. The lowest BCUT2D eigenvalue weighted by atomic mass is 9.99. The van der Waals surface area contributed by atoms with Crippen molar-refractivity contribution in [3.05, 3.63) is 75.2 Å². The number of aromatic nitrogens is 2. The number of carbonyl (C=O) groups is 1. The molecular weight excluding hydrogens is 362 g/mol. The molecule has 0 unspecified atom stereocenters. The molecule has 138 valence electrons. The molecule has 1 heterocycles. The number of fused-ring (bicyclic) bond motifs is 1. The molecule has 2 aromatic carbocycles. The number of hydrogen-bond donors (Lipinski definition) is 1. The van der Waals surface area contributed by atoms with Crippen LogP contribution in [-0.4, -0.2) is 15.8 Å². The minimum Gasteiger partial charge on any atom is -0.273 e. The molecule has 27 heavy (non-hydrogen) atoms. The van der Waals surface area contributed by atoms with Crippen molar-refractivity contribution in [3.63, 3.8) is 0 Å². The highest BCUT2D eigenvalue weighted by Gasteiger charge is 2.23. The van der Waals surface area contributed by atoms with E-state index in [1.165, 1.54) is 12.8 Å². The van der Waals surface area contributed by atoms with E-state index in [1.807, 2.05) is 18.2 Å². The summed E-state index contributed by atoms with van der Waals surface area (Å²) in [5, 5.41) is 6.62. The van der Waals surface area contributed by atoms with Crippen LogP contribution in [0.15, 0.2) is 53.3 Å². The first-order valence-corrected chi connectivity index (χ1v) is 9.56. The van der Waals surface area contributed by atoms with Gasteiger partial charge >= 0.3 is 0 Å². The third-order valence-electron chi connectivity index (χ3n) is 5.08. The van der Waals surface area contributed by atoms with Crippen LogP contribution in [0.3, 0.4) is 0 Å². The number of rotatable bonds is 4. The summed E-state index contributed by atoms with van der Waals surface area (Å²) in [6, 6.07) is 14.6. The third kappa shape index (κ3) is 3.74. The Bertz CT molecular complexity index is 1040. The van der Waals surface area contributed by atoms with Gasteiger partial charge in [-0.15, -0.1) is 4.79 Å². The van der Waals surface area contributed by atoms with Crippen molar-refractivity contribution in [1.29, 1.82) is 0 Å². The molecule has 3 aromatic rings. The number of halogens is 1. The smallest absolute Gasteiger partial charge is 0.273 e. The van der Waals surface area contributed by atoms with Crippen molar-refractivity contribution in [1.82, 2.24) is 9.89 Å². The zero-order valence-electron chi connectivity index (χ0n) is 14.8. The molecule has 4 rings (SSSR count). The fraction of sp³-hybridized carbons (Fsp3) is 0.286. The van der Waals surface area contributed by atoms with Gasteiger partial charge in [-0.2, -0.15) is 5.10 Å². The molecule has 5 nitrogen and oxygen atoms in total. The minimum absolute atomic E-state index is 0.150. The Hall–Kier alpha value is -2.66. The Kier molecular flexibility index (Phi) is 4.94. The Morgan fingerprint density at radius 2 is 1.74 bits per heavy atom. The topological polar surface area (TPSA) is 64.0 Å². The Labute approximate surface area is 161 Å². The number of nitrogens with one attached hydrogen (secondary N) is 1. The van der Waals surface area contributed by atoms with Crippen LogP contribution in [0.2, 0.25) is 5.02 Å². The molecule has 1 aliphatic carbocycles. The van der Waals surface area contributed by atoms with Crippen LogP contribution in [0.25, 0.3) is 10.8 Å². The highest BCUT2D eigenvalue weighted by molar-refractivity contribution is 6.30. The molecule has 0 radical (unpaired) electrons. The summed E-state index contributed by atoms with van der Waals surface area (Å²) in [7, 11) is 0. The minimum atomic E-state index is -0.309. The van der Waals surface area contributed by atoms with Gasteiger partial charge in [0, 0.05) is 16.3 Å². The highest BCUT2D eigenvalue weighted by atomic mass is 35.5. The molecule has 1 fully saturated rings. The summed E-state index contributed by atoms with van der Waals surface area (Å²) in [5.74, 6) is 0.0366. The summed E-state index contributed by atoms with van der Waals surface area (Å²) < 4.78 is 0. The first-order valence-electron chi connectivity index (χ1n) is 9.18. The number of hydrogen-bond acceptors (Lipinski definition) is 3. The predicted octanol–water partition coefficient (Wildman–Crippen LogP) is 4.02. The van der Waals surface area contributed by atoms with Crippen molar-refractivity contribution in [2.75, 3.05) is 5.43 Å². The molecule has 1 saturated carbocycles. The molecule has 0 atom stereocenters. The maximum atomic E-state index is 12.8. The fourth-order valence-electron chi connectivity index (χ4n) is 3.74. The van der Waals surface area contributed by atoms with Crippen LogP contribution in [-0.2, 0) is 11.2 Å². The van der Waals surface area contributed by atoms with Crippen molar-refractivity contribution in [3.8, 4) is 0 Å². The standard InChI is InChI=1S/C21H20ClN3O2/c22-16-11-9-14(10-12-16)13-19(26)23-25-21(27)18-8-4-3-7-17(18)20(24-25)15-5-1-2-6-15/h3-4,7-12,15H,1-2,5-6,13H2,(H,23,26). The molecule has 0 bridgehead atoms. The molecule has 6 heteroatoms. The molecule has 1 aromatic heterocycles. The lowest BCUT2D eigenvalue weighted by molar-refractivity contribution is -0.116. The van der Waals surface area contributed by atoms with Crippen LogP contribution in [0.1, 0.15) is 42.9 Å². The Balaban J connectivity index is 1.66. The van der Waals surface area contributed by atoms with Gasteiger partial charge in [-0.25, -0.2) is 5.43 Å². The van der Waals surface area contributed by atoms with E-state index in [-0.39, 0.29) is 17.9 Å². The monoisotopic (exact) mass is 381 g/mol. The maximum absolute atomic E-state index is 12.8. The van der Waals surface area contributed by atoms with E-state index < -0.39 is 0 Å². The first-order chi connectivity index (χ1) is 13.1. The summed E-state index contributed by atoms with van der Waals surface area (Å²) in [4.78, 5) is 26.3. The zero-order chi connectivity index (χ0) is 18.8. The molecule has 1 aliphatic rings. The summed E-state index contributed by atoms with van der Waals surface area (Å²) in [5.41, 5.74) is 4.06. The average molecular weight is 382 g/mol. The molecular formula is C21H20ClN3O2. The van der Waals surface area contributed by atoms with Crippen molar-refractivity contribution < 1.29 is 4.79 Å². The molecule has 0 aliphatic heterocycles. The van der Waals surface area contributed by atoms with Crippen LogP contribution in [0.5, 0.6) is 0 Å². The van der Waals surface area contributed by atoms with Crippen LogP contribution >= 0.6 is 11.6 Å². The lowest BCUT2D eigenvalue weighted by Gasteiger charge is -2.15. The molecule has 0 spiro atoms. The van der Waals surface area contributed by atoms with Gasteiger partial charge in [-0.1, -0.05) is 54.8 Å². The van der Waals surface area contributed by atoms with Gasteiger partial charge < -0.3 is 0 Å². The van der Waals surface area contributed by atoms with E-state index in [0.717, 1.165) is 34.3 Å². The van der Waals surface area contributed by atoms with E-state index in [4.69, 9.17) is 11.6 Å². The molecule has 1 amide bonds. The van der Waals surface area contributed by atoms with Gasteiger partial charge in [-0.05, 0) is 36.6 Å². The normalized spacial score (nSPS) is 14.6. The number of amides is 1. The van der Waals surface area contributed by atoms with Crippen molar-refractivity contribution in [2.45, 2.75) is 38.0 Å². The van der Waals surface area contributed by atoms with Gasteiger partial charge in [-0.3, -0.25) is 9.59 Å². The van der Waals surface area contributed by atoms with Crippen molar-refractivity contribution >= 4 is 28.3 Å². The SMILES string of the molecule is O=C(Cc1ccc(Cl)cc1)Nn1nc(C2CCCC2)c2ccccc2c1=O. The van der Waals surface area contributed by atoms with Gasteiger partial charge in [0.25, 0.3) is 5.56 Å². The van der Waals surface area contributed by atoms with Crippen LogP contribution < -0.4 is 11.0 Å². The number of benzene rings is 2.